The van der Waals surface area contributed by atoms with E-state index in [4.69, 9.17) is 9.47 Å². The number of methoxy groups -OCH3 is 1. The Labute approximate surface area is 240 Å². The van der Waals surface area contributed by atoms with Crippen molar-refractivity contribution in [3.63, 3.8) is 0 Å². The number of carbonyl (C=O) groups excluding carboxylic acids is 1. The highest BCUT2D eigenvalue weighted by Gasteiger charge is 2.37. The summed E-state index contributed by atoms with van der Waals surface area (Å²) in [5.41, 5.74) is 5.12. The number of carbonyl (C=O) groups is 1. The summed E-state index contributed by atoms with van der Waals surface area (Å²) in [4.78, 5) is 20.8. The summed E-state index contributed by atoms with van der Waals surface area (Å²) >= 11 is 0. The molecule has 2 N–H and O–H groups in total. The molecule has 10 heteroatoms. The van der Waals surface area contributed by atoms with Gasteiger partial charge in [0.15, 0.2) is 0 Å². The molecule has 0 aliphatic carbocycles. The van der Waals surface area contributed by atoms with Crippen LogP contribution < -0.4 is 10.1 Å². The molecule has 4 aromatic rings. The molecule has 216 valence electrons. The first-order valence-corrected chi connectivity index (χ1v) is 15.3. The summed E-state index contributed by atoms with van der Waals surface area (Å²) in [5.74, 6) is 1.29. The van der Waals surface area contributed by atoms with Crippen molar-refractivity contribution in [3.05, 3.63) is 83.2 Å². The number of hydrogen-bond acceptors (Lipinski definition) is 6. The number of fused-ring (bicyclic) bond motifs is 1. The predicted molar refractivity (Wildman–Crippen MR) is 159 cm³/mol. The van der Waals surface area contributed by atoms with Crippen LogP contribution in [0.1, 0.15) is 35.4 Å². The van der Waals surface area contributed by atoms with Crippen LogP contribution in [0.2, 0.25) is 0 Å². The van der Waals surface area contributed by atoms with Gasteiger partial charge in [-0.15, -0.1) is 0 Å². The second kappa shape index (κ2) is 12.4. The van der Waals surface area contributed by atoms with Gasteiger partial charge in [-0.1, -0.05) is 24.3 Å². The van der Waals surface area contributed by atoms with Crippen LogP contribution in [-0.4, -0.2) is 61.5 Å². The van der Waals surface area contributed by atoms with Gasteiger partial charge in [-0.05, 0) is 86.2 Å². The van der Waals surface area contributed by atoms with Crippen molar-refractivity contribution in [1.82, 2.24) is 14.3 Å². The molecule has 5 rings (SSSR count). The highest BCUT2D eigenvalue weighted by Crippen LogP contribution is 2.32. The number of hydrogen-bond donors (Lipinski definition) is 2. The lowest BCUT2D eigenvalue weighted by Gasteiger charge is -2.26. The van der Waals surface area contributed by atoms with Gasteiger partial charge in [-0.2, -0.15) is 4.31 Å². The van der Waals surface area contributed by atoms with E-state index in [-0.39, 0.29) is 25.2 Å². The number of ether oxygens (including phenoxy) is 2. The standard InChI is InChI=1S/C31H36N4O5S/c1-21-17-26(39-3)18-22(2)31(21)41(37,38)35-16-6-7-25(35)19-40-20-30(36)32-24-13-10-23(11-14-24)12-15-29-33-27-8-4-5-9-28(27)34-29/h4-5,8-11,13-14,17-18,25H,6-7,12,15-16,19-20H2,1-3H3,(H,32,36)(H,33,34). The number of rotatable bonds is 11. The van der Waals surface area contributed by atoms with Crippen LogP contribution in [0.3, 0.4) is 0 Å². The van der Waals surface area contributed by atoms with Gasteiger partial charge in [-0.25, -0.2) is 13.4 Å². The van der Waals surface area contributed by atoms with Crippen LogP contribution in [0.5, 0.6) is 5.75 Å². The van der Waals surface area contributed by atoms with E-state index in [1.807, 2.05) is 48.5 Å². The lowest BCUT2D eigenvalue weighted by atomic mass is 10.1. The molecule has 0 saturated carbocycles. The summed E-state index contributed by atoms with van der Waals surface area (Å²) in [6, 6.07) is 18.8. The van der Waals surface area contributed by atoms with Gasteiger partial charge in [0.25, 0.3) is 0 Å². The van der Waals surface area contributed by atoms with Crippen LogP contribution in [0.4, 0.5) is 5.69 Å². The van der Waals surface area contributed by atoms with Crippen LogP contribution in [0.25, 0.3) is 11.0 Å². The molecule has 1 atom stereocenters. The van der Waals surface area contributed by atoms with Crippen LogP contribution in [0.15, 0.2) is 65.6 Å². The maximum atomic E-state index is 13.6. The van der Waals surface area contributed by atoms with Gasteiger partial charge >= 0.3 is 0 Å². The Morgan fingerprint density at radius 3 is 2.51 bits per heavy atom. The number of imidazole rings is 1. The zero-order valence-corrected chi connectivity index (χ0v) is 24.5. The summed E-state index contributed by atoms with van der Waals surface area (Å²) in [7, 11) is -2.15. The number of amides is 1. The fourth-order valence-electron chi connectivity index (χ4n) is 5.47. The first kappa shape index (κ1) is 28.8. The third-order valence-electron chi connectivity index (χ3n) is 7.43. The second-order valence-corrected chi connectivity index (χ2v) is 12.3. The summed E-state index contributed by atoms with van der Waals surface area (Å²) in [6.45, 7) is 3.99. The largest absolute Gasteiger partial charge is 0.497 e. The normalized spacial score (nSPS) is 15.8. The van der Waals surface area contributed by atoms with E-state index in [2.05, 4.69) is 15.3 Å². The minimum atomic E-state index is -3.72. The van der Waals surface area contributed by atoms with E-state index < -0.39 is 10.0 Å². The molecule has 1 aliphatic heterocycles. The molecule has 41 heavy (non-hydrogen) atoms. The van der Waals surface area contributed by atoms with Crippen molar-refractivity contribution in [2.45, 2.75) is 50.5 Å². The first-order valence-electron chi connectivity index (χ1n) is 13.8. The molecule has 0 spiro atoms. The zero-order chi connectivity index (χ0) is 29.0. The fraction of sp³-hybridized carbons (Fsp3) is 0.355. The number of aryl methyl sites for hydroxylation is 4. The maximum Gasteiger partial charge on any atom is 0.250 e. The van der Waals surface area contributed by atoms with Gasteiger partial charge in [0, 0.05) is 24.7 Å². The zero-order valence-electron chi connectivity index (χ0n) is 23.6. The Morgan fingerprint density at radius 1 is 1.07 bits per heavy atom. The van der Waals surface area contributed by atoms with E-state index >= 15 is 0 Å². The Hall–Kier alpha value is -3.73. The van der Waals surface area contributed by atoms with Crippen molar-refractivity contribution in [3.8, 4) is 5.75 Å². The third-order valence-corrected chi connectivity index (χ3v) is 9.69. The number of nitrogens with zero attached hydrogens (tertiary/aromatic N) is 2. The summed E-state index contributed by atoms with van der Waals surface area (Å²) in [6.07, 6.45) is 3.05. The molecular weight excluding hydrogens is 540 g/mol. The van der Waals surface area contributed by atoms with Crippen LogP contribution >= 0.6 is 0 Å². The molecule has 1 unspecified atom stereocenters. The molecule has 1 aromatic heterocycles. The lowest BCUT2D eigenvalue weighted by molar-refractivity contribution is -0.120. The number of H-pyrrole nitrogens is 1. The van der Waals surface area contributed by atoms with Crippen LogP contribution in [0, 0.1) is 13.8 Å². The Balaban J connectivity index is 1.10. The average molecular weight is 577 g/mol. The average Bonchev–Trinajstić information content (AvgIpc) is 3.59. The van der Waals surface area contributed by atoms with E-state index in [0.29, 0.717) is 40.4 Å². The number of anilines is 1. The van der Waals surface area contributed by atoms with Crippen molar-refractivity contribution in [2.75, 3.05) is 32.2 Å². The first-order chi connectivity index (χ1) is 19.7. The second-order valence-electron chi connectivity index (χ2n) is 10.5. The Kier molecular flexibility index (Phi) is 8.72. The third kappa shape index (κ3) is 6.61. The molecule has 1 amide bonds. The van der Waals surface area contributed by atoms with Crippen molar-refractivity contribution in [2.24, 2.45) is 0 Å². The smallest absolute Gasteiger partial charge is 0.250 e. The molecule has 2 heterocycles. The maximum absolute atomic E-state index is 13.6. The molecular formula is C31H36N4O5S. The highest BCUT2D eigenvalue weighted by atomic mass is 32.2. The molecule has 1 fully saturated rings. The highest BCUT2D eigenvalue weighted by molar-refractivity contribution is 7.89. The number of aromatic nitrogens is 2. The van der Waals surface area contributed by atoms with Crippen molar-refractivity contribution < 1.29 is 22.7 Å². The molecule has 0 bridgehead atoms. The van der Waals surface area contributed by atoms with E-state index in [0.717, 1.165) is 41.7 Å². The molecule has 9 nitrogen and oxygen atoms in total. The number of sulfonamides is 1. The van der Waals surface area contributed by atoms with Gasteiger partial charge in [0.05, 0.1) is 29.6 Å². The quantitative estimate of drug-likeness (QED) is 0.266. The summed E-state index contributed by atoms with van der Waals surface area (Å²) < 4.78 is 39.6. The Bertz CT molecular complexity index is 1580. The van der Waals surface area contributed by atoms with Gasteiger partial charge in [0.2, 0.25) is 15.9 Å². The molecule has 1 saturated heterocycles. The number of benzene rings is 3. The number of para-hydroxylation sites is 2. The molecule has 1 aliphatic rings. The molecule has 3 aromatic carbocycles. The minimum Gasteiger partial charge on any atom is -0.497 e. The predicted octanol–water partition coefficient (Wildman–Crippen LogP) is 4.78. The number of aromatic amines is 1. The number of nitrogens with one attached hydrogen (secondary N) is 2. The summed E-state index contributed by atoms with van der Waals surface area (Å²) in [5, 5.41) is 2.85. The minimum absolute atomic E-state index is 0.154. The topological polar surface area (TPSA) is 114 Å². The SMILES string of the molecule is COc1cc(C)c(S(=O)(=O)N2CCCC2COCC(=O)Nc2ccc(CCc3nc4ccccc4[nH]3)cc2)c(C)c1. The van der Waals surface area contributed by atoms with Crippen molar-refractivity contribution >= 4 is 32.7 Å². The van der Waals surface area contributed by atoms with Gasteiger partial charge in [-0.3, -0.25) is 4.79 Å². The van der Waals surface area contributed by atoms with E-state index in [1.54, 1.807) is 33.1 Å². The van der Waals surface area contributed by atoms with E-state index in [9.17, 15) is 13.2 Å². The Morgan fingerprint density at radius 2 is 1.80 bits per heavy atom. The van der Waals surface area contributed by atoms with Crippen LogP contribution in [-0.2, 0) is 32.4 Å². The van der Waals surface area contributed by atoms with Gasteiger partial charge < -0.3 is 19.8 Å². The lowest BCUT2D eigenvalue weighted by Crippen LogP contribution is -2.39. The molecule has 0 radical (unpaired) electrons. The monoisotopic (exact) mass is 576 g/mol. The fourth-order valence-corrected chi connectivity index (χ4v) is 7.57. The van der Waals surface area contributed by atoms with Crippen molar-refractivity contribution in [1.29, 1.82) is 0 Å². The van der Waals surface area contributed by atoms with E-state index in [1.165, 1.54) is 4.31 Å². The van der Waals surface area contributed by atoms with Gasteiger partial charge in [0.1, 0.15) is 18.2 Å².